The number of sulfone groups is 1. The molecule has 1 atom stereocenters. The fourth-order valence-electron chi connectivity index (χ4n) is 3.25. The zero-order valence-electron chi connectivity index (χ0n) is 15.4. The lowest BCUT2D eigenvalue weighted by Gasteiger charge is -2.31. The van der Waals surface area contributed by atoms with Gasteiger partial charge in [0.1, 0.15) is 0 Å². The Kier molecular flexibility index (Phi) is 5.33. The highest BCUT2D eigenvalue weighted by atomic mass is 32.2. The molecule has 2 amide bonds. The van der Waals surface area contributed by atoms with Crippen LogP contribution in [0.5, 0.6) is 0 Å². The van der Waals surface area contributed by atoms with Crippen LogP contribution in [0.3, 0.4) is 0 Å². The molecule has 7 nitrogen and oxygen atoms in total. The van der Waals surface area contributed by atoms with Crippen molar-refractivity contribution in [2.24, 2.45) is 0 Å². The van der Waals surface area contributed by atoms with E-state index in [-0.39, 0.29) is 23.6 Å². The van der Waals surface area contributed by atoms with Crippen LogP contribution in [-0.2, 0) is 30.7 Å². The molecule has 146 valence electrons. The number of amides is 2. The van der Waals surface area contributed by atoms with Crippen LogP contribution < -0.4 is 0 Å². The van der Waals surface area contributed by atoms with E-state index in [1.165, 1.54) is 18.2 Å². The van der Waals surface area contributed by atoms with Crippen molar-refractivity contribution in [2.45, 2.75) is 24.3 Å². The summed E-state index contributed by atoms with van der Waals surface area (Å²) in [6.07, 6.45) is 1.06. The van der Waals surface area contributed by atoms with Gasteiger partial charge in [-0.3, -0.25) is 19.3 Å². The van der Waals surface area contributed by atoms with E-state index in [1.54, 1.807) is 37.3 Å². The molecule has 0 aromatic heterocycles. The SMILES string of the molecule is CCOC(=O)C1C(=O)N(Cc2ccccc2S(C)(=O)=O)C(=O)c2ccccc21. The third kappa shape index (κ3) is 3.55. The number of carbonyl (C=O) groups excluding carboxylic acids is 3. The van der Waals surface area contributed by atoms with Crippen LogP contribution >= 0.6 is 0 Å². The zero-order chi connectivity index (χ0) is 20.5. The molecule has 8 heteroatoms. The second-order valence-electron chi connectivity index (χ2n) is 6.38. The molecular weight excluding hydrogens is 382 g/mol. The summed E-state index contributed by atoms with van der Waals surface area (Å²) in [6.45, 7) is 1.46. The average Bonchev–Trinajstić information content (AvgIpc) is 2.65. The van der Waals surface area contributed by atoms with E-state index in [1.807, 2.05) is 0 Å². The quantitative estimate of drug-likeness (QED) is 0.431. The molecule has 0 fully saturated rings. The Morgan fingerprint density at radius 3 is 2.39 bits per heavy atom. The predicted octanol–water partition coefficient (Wildman–Crippen LogP) is 1.92. The minimum atomic E-state index is -3.56. The van der Waals surface area contributed by atoms with Gasteiger partial charge in [-0.1, -0.05) is 36.4 Å². The monoisotopic (exact) mass is 401 g/mol. The van der Waals surface area contributed by atoms with Gasteiger partial charge >= 0.3 is 5.97 Å². The first-order valence-electron chi connectivity index (χ1n) is 8.65. The lowest BCUT2D eigenvalue weighted by Crippen LogP contribution is -2.47. The molecule has 1 aliphatic rings. The molecule has 0 N–H and O–H groups in total. The van der Waals surface area contributed by atoms with Gasteiger partial charge in [0.25, 0.3) is 5.91 Å². The first kappa shape index (κ1) is 19.8. The topological polar surface area (TPSA) is 97.8 Å². The van der Waals surface area contributed by atoms with E-state index in [9.17, 15) is 22.8 Å². The standard InChI is InChI=1S/C20H19NO6S/c1-3-27-20(24)17-14-9-5-6-10-15(14)18(22)21(19(17)23)12-13-8-4-7-11-16(13)28(2,25)26/h4-11,17H,3,12H2,1-2H3. The first-order chi connectivity index (χ1) is 13.3. The lowest BCUT2D eigenvalue weighted by atomic mass is 9.88. The van der Waals surface area contributed by atoms with Gasteiger partial charge in [-0.2, -0.15) is 0 Å². The summed E-state index contributed by atoms with van der Waals surface area (Å²) in [7, 11) is -3.56. The number of hydrogen-bond acceptors (Lipinski definition) is 6. The normalized spacial score (nSPS) is 16.6. The van der Waals surface area contributed by atoms with Gasteiger partial charge in [-0.25, -0.2) is 8.42 Å². The molecule has 0 aliphatic carbocycles. The third-order valence-corrected chi connectivity index (χ3v) is 5.68. The third-order valence-electron chi connectivity index (χ3n) is 4.48. The van der Waals surface area contributed by atoms with Crippen LogP contribution in [-0.4, -0.2) is 44.0 Å². The molecule has 2 aromatic carbocycles. The molecule has 0 radical (unpaired) electrons. The van der Waals surface area contributed by atoms with Gasteiger partial charge in [0.15, 0.2) is 15.8 Å². The summed E-state index contributed by atoms with van der Waals surface area (Å²) in [5.74, 6) is -3.32. The van der Waals surface area contributed by atoms with Crippen molar-refractivity contribution in [3.05, 3.63) is 65.2 Å². The molecule has 0 spiro atoms. The maximum Gasteiger partial charge on any atom is 0.323 e. The number of carbonyl (C=O) groups is 3. The van der Waals surface area contributed by atoms with Crippen LogP contribution in [0.4, 0.5) is 0 Å². The molecule has 0 saturated carbocycles. The molecule has 1 aliphatic heterocycles. The Morgan fingerprint density at radius 2 is 1.71 bits per heavy atom. The summed E-state index contributed by atoms with van der Waals surface area (Å²) in [4.78, 5) is 39.3. The highest BCUT2D eigenvalue weighted by Crippen LogP contribution is 2.32. The number of imide groups is 1. The van der Waals surface area contributed by atoms with E-state index in [0.717, 1.165) is 11.2 Å². The second kappa shape index (κ2) is 7.55. The van der Waals surface area contributed by atoms with Crippen molar-refractivity contribution in [1.82, 2.24) is 4.90 Å². The maximum absolute atomic E-state index is 13.0. The van der Waals surface area contributed by atoms with Crippen molar-refractivity contribution in [1.29, 1.82) is 0 Å². The summed E-state index contributed by atoms with van der Waals surface area (Å²) in [5.41, 5.74) is 0.814. The number of esters is 1. The van der Waals surface area contributed by atoms with Gasteiger partial charge in [0.05, 0.1) is 18.0 Å². The Labute approximate surface area is 162 Å². The van der Waals surface area contributed by atoms with Crippen LogP contribution in [0.25, 0.3) is 0 Å². The fourth-order valence-corrected chi connectivity index (χ4v) is 4.18. The van der Waals surface area contributed by atoms with E-state index in [2.05, 4.69) is 0 Å². The molecule has 0 bridgehead atoms. The first-order valence-corrected chi connectivity index (χ1v) is 10.5. The molecule has 28 heavy (non-hydrogen) atoms. The largest absolute Gasteiger partial charge is 0.465 e. The van der Waals surface area contributed by atoms with Crippen molar-refractivity contribution < 1.29 is 27.5 Å². The number of hydrogen-bond donors (Lipinski definition) is 0. The number of rotatable bonds is 5. The van der Waals surface area contributed by atoms with Crippen LogP contribution in [0.15, 0.2) is 53.4 Å². The predicted molar refractivity (Wildman–Crippen MR) is 100 cm³/mol. The Morgan fingerprint density at radius 1 is 1.07 bits per heavy atom. The van der Waals surface area contributed by atoms with Crippen molar-refractivity contribution in [3.63, 3.8) is 0 Å². The van der Waals surface area contributed by atoms with E-state index in [0.29, 0.717) is 11.1 Å². The van der Waals surface area contributed by atoms with E-state index in [4.69, 9.17) is 4.74 Å². The van der Waals surface area contributed by atoms with Gasteiger partial charge in [-0.15, -0.1) is 0 Å². The minimum Gasteiger partial charge on any atom is -0.465 e. The minimum absolute atomic E-state index is 0.0298. The molecule has 1 heterocycles. The maximum atomic E-state index is 13.0. The van der Waals surface area contributed by atoms with Gasteiger partial charge in [-0.05, 0) is 30.2 Å². The Bertz CT molecular complexity index is 1060. The molecule has 1 unspecified atom stereocenters. The van der Waals surface area contributed by atoms with Crippen LogP contribution in [0.1, 0.15) is 34.3 Å². The van der Waals surface area contributed by atoms with E-state index < -0.39 is 33.5 Å². The highest BCUT2D eigenvalue weighted by Gasteiger charge is 2.43. The van der Waals surface area contributed by atoms with Crippen LogP contribution in [0.2, 0.25) is 0 Å². The van der Waals surface area contributed by atoms with E-state index >= 15 is 0 Å². The van der Waals surface area contributed by atoms with Crippen molar-refractivity contribution >= 4 is 27.6 Å². The summed E-state index contributed by atoms with van der Waals surface area (Å²) >= 11 is 0. The van der Waals surface area contributed by atoms with Crippen molar-refractivity contribution in [2.75, 3.05) is 12.9 Å². The van der Waals surface area contributed by atoms with Gasteiger partial charge < -0.3 is 4.74 Å². The lowest BCUT2D eigenvalue weighted by molar-refractivity contribution is -0.151. The smallest absolute Gasteiger partial charge is 0.323 e. The molecular formula is C20H19NO6S. The number of fused-ring (bicyclic) bond motifs is 1. The van der Waals surface area contributed by atoms with Gasteiger partial charge in [0.2, 0.25) is 5.91 Å². The average molecular weight is 401 g/mol. The highest BCUT2D eigenvalue weighted by molar-refractivity contribution is 7.90. The number of benzene rings is 2. The zero-order valence-corrected chi connectivity index (χ0v) is 16.2. The number of nitrogens with zero attached hydrogens (tertiary/aromatic N) is 1. The van der Waals surface area contributed by atoms with Crippen LogP contribution in [0, 0.1) is 0 Å². The second-order valence-corrected chi connectivity index (χ2v) is 8.37. The molecule has 0 saturated heterocycles. The Hall–Kier alpha value is -3.00. The summed E-state index contributed by atoms with van der Waals surface area (Å²) in [6, 6.07) is 12.5. The van der Waals surface area contributed by atoms with Gasteiger partial charge in [0, 0.05) is 11.8 Å². The summed E-state index contributed by atoms with van der Waals surface area (Å²) < 4.78 is 29.1. The van der Waals surface area contributed by atoms with Crippen molar-refractivity contribution in [3.8, 4) is 0 Å². The fraction of sp³-hybridized carbons (Fsp3) is 0.250. The number of ether oxygens (including phenoxy) is 1. The summed E-state index contributed by atoms with van der Waals surface area (Å²) in [5, 5.41) is 0. The Balaban J connectivity index is 2.07. The molecule has 3 rings (SSSR count). The molecule has 2 aromatic rings.